The molecule has 0 radical (unpaired) electrons. The van der Waals surface area contributed by atoms with E-state index in [1.54, 1.807) is 18.3 Å². The summed E-state index contributed by atoms with van der Waals surface area (Å²) < 4.78 is 15.0. The Morgan fingerprint density at radius 3 is 2.61 bits per heavy atom. The van der Waals surface area contributed by atoms with Gasteiger partial charge in [-0.15, -0.1) is 0 Å². The molecule has 7 rings (SSSR count). The van der Waals surface area contributed by atoms with Crippen LogP contribution in [0.5, 0.6) is 0 Å². The molecule has 1 N–H and O–H groups in total. The van der Waals surface area contributed by atoms with Crippen molar-refractivity contribution < 1.29 is 14.0 Å². The molecule has 46 heavy (non-hydrogen) atoms. The number of amides is 2. The largest absolute Gasteiger partial charge is 0.338 e. The van der Waals surface area contributed by atoms with Gasteiger partial charge in [0.25, 0.3) is 5.91 Å². The minimum atomic E-state index is -0.867. The van der Waals surface area contributed by atoms with Crippen molar-refractivity contribution in [2.24, 2.45) is 10.9 Å². The zero-order valence-electron chi connectivity index (χ0n) is 26.5. The quantitative estimate of drug-likeness (QED) is 0.350. The van der Waals surface area contributed by atoms with E-state index in [0.29, 0.717) is 40.3 Å². The molecule has 1 aromatic heterocycles. The fraction of sp³-hybridized carbons (Fsp3) is 0.529. The van der Waals surface area contributed by atoms with Gasteiger partial charge in [0.2, 0.25) is 5.91 Å². The third-order valence-electron chi connectivity index (χ3n) is 10.4. The number of hydrogen-bond donors (Lipinski definition) is 1. The van der Waals surface area contributed by atoms with E-state index in [2.05, 4.69) is 36.0 Å². The summed E-state index contributed by atoms with van der Waals surface area (Å²) in [6.07, 6.45) is 6.11. The summed E-state index contributed by atoms with van der Waals surface area (Å²) in [4.78, 5) is 45.0. The molecule has 0 unspecified atom stereocenters. The molecule has 5 aliphatic rings. The Morgan fingerprint density at radius 2 is 1.96 bits per heavy atom. The second-order valence-electron chi connectivity index (χ2n) is 13.7. The summed E-state index contributed by atoms with van der Waals surface area (Å²) in [6, 6.07) is 7.46. The Kier molecular flexibility index (Phi) is 8.18. The van der Waals surface area contributed by atoms with Crippen LogP contribution in [0.4, 0.5) is 4.39 Å². The number of nitrogens with zero attached hydrogens (tertiary/aromatic N) is 5. The number of carbonyl (C=O) groups is 2. The lowest BCUT2D eigenvalue weighted by Crippen LogP contribution is -2.58. The van der Waals surface area contributed by atoms with Crippen LogP contribution in [0.3, 0.4) is 0 Å². The fourth-order valence-electron chi connectivity index (χ4n) is 7.78. The van der Waals surface area contributed by atoms with E-state index in [4.69, 9.17) is 28.2 Å². The van der Waals surface area contributed by atoms with E-state index in [-0.39, 0.29) is 34.3 Å². The van der Waals surface area contributed by atoms with Crippen molar-refractivity contribution in [3.63, 3.8) is 0 Å². The van der Waals surface area contributed by atoms with Gasteiger partial charge in [0.1, 0.15) is 27.5 Å². The average molecular weight is 686 g/mol. The number of aliphatic imine (C=N–C) groups is 1. The Balaban J connectivity index is 1.28. The molecular weight excluding hydrogens is 646 g/mol. The summed E-state index contributed by atoms with van der Waals surface area (Å²) in [6.45, 7) is 10.4. The van der Waals surface area contributed by atoms with Gasteiger partial charge in [0.05, 0.1) is 11.1 Å². The molecule has 1 aliphatic carbocycles. The van der Waals surface area contributed by atoms with Crippen molar-refractivity contribution in [2.45, 2.75) is 89.0 Å². The number of likely N-dealkylation sites (tertiary alicyclic amines) is 1. The average Bonchev–Trinajstić information content (AvgIpc) is 3.35. The number of carbonyl (C=O) groups excluding carboxylic acids is 2. The molecule has 4 aliphatic heterocycles. The molecule has 5 heterocycles. The second-order valence-corrected chi connectivity index (χ2v) is 15.4. The zero-order chi connectivity index (χ0) is 32.5. The van der Waals surface area contributed by atoms with E-state index in [1.807, 2.05) is 28.9 Å². The van der Waals surface area contributed by atoms with Crippen molar-refractivity contribution in [1.82, 2.24) is 25.0 Å². The van der Waals surface area contributed by atoms with Crippen LogP contribution >= 0.6 is 35.0 Å². The SMILES string of the molecule is CC[C@@H]1CC[C@@H](C(=O)N2CCNC3(CC3)C2)N1C(=O)C1=C(C(C)C)N2C(=N[C@@](C)(c3ccc(Cl)nc3)[C@H]2c2ccc(Cl)c(F)c2)S1. The Hall–Kier alpha value is -2.66. The monoisotopic (exact) mass is 684 g/mol. The van der Waals surface area contributed by atoms with Crippen molar-refractivity contribution >= 4 is 51.9 Å². The van der Waals surface area contributed by atoms with Crippen LogP contribution in [-0.4, -0.2) is 73.9 Å². The first-order valence-corrected chi connectivity index (χ1v) is 17.8. The second kappa shape index (κ2) is 11.8. The lowest BCUT2D eigenvalue weighted by Gasteiger charge is -2.38. The zero-order valence-corrected chi connectivity index (χ0v) is 28.9. The minimum absolute atomic E-state index is 0.0234. The van der Waals surface area contributed by atoms with E-state index >= 15 is 4.39 Å². The van der Waals surface area contributed by atoms with Gasteiger partial charge < -0.3 is 20.0 Å². The number of amidine groups is 1. The van der Waals surface area contributed by atoms with Gasteiger partial charge in [-0.2, -0.15) is 0 Å². The Bertz CT molecular complexity index is 1650. The highest BCUT2D eigenvalue weighted by molar-refractivity contribution is 8.18. The van der Waals surface area contributed by atoms with Gasteiger partial charge >= 0.3 is 0 Å². The van der Waals surface area contributed by atoms with Gasteiger partial charge in [-0.3, -0.25) is 9.59 Å². The molecule has 3 fully saturated rings. The molecule has 1 spiro atoms. The van der Waals surface area contributed by atoms with Crippen LogP contribution in [0.1, 0.15) is 77.0 Å². The van der Waals surface area contributed by atoms with E-state index in [9.17, 15) is 9.59 Å². The maximum Gasteiger partial charge on any atom is 0.263 e. The molecule has 0 bridgehead atoms. The van der Waals surface area contributed by atoms with Crippen molar-refractivity contribution in [3.05, 3.63) is 74.3 Å². The van der Waals surface area contributed by atoms with Crippen LogP contribution in [0, 0.1) is 11.7 Å². The molecular formula is C34H39Cl2FN6O2S. The number of fused-ring (bicyclic) bond motifs is 1. The topological polar surface area (TPSA) is 81.1 Å². The maximum absolute atomic E-state index is 15.0. The van der Waals surface area contributed by atoms with Crippen LogP contribution in [0.2, 0.25) is 10.2 Å². The molecule has 244 valence electrons. The highest BCUT2D eigenvalue weighted by Gasteiger charge is 2.55. The smallest absolute Gasteiger partial charge is 0.263 e. The van der Waals surface area contributed by atoms with Crippen molar-refractivity contribution in [2.75, 3.05) is 19.6 Å². The number of halogens is 3. The first kappa shape index (κ1) is 31.9. The van der Waals surface area contributed by atoms with Crippen LogP contribution in [-0.2, 0) is 15.1 Å². The summed E-state index contributed by atoms with van der Waals surface area (Å²) in [5.74, 6) is -0.653. The number of piperazine rings is 1. The number of pyridine rings is 1. The van der Waals surface area contributed by atoms with Gasteiger partial charge in [-0.1, -0.05) is 56.1 Å². The predicted octanol–water partition coefficient (Wildman–Crippen LogP) is 6.50. The van der Waals surface area contributed by atoms with Gasteiger partial charge in [-0.05, 0) is 80.5 Å². The first-order chi connectivity index (χ1) is 22.0. The standard InChI is InChI=1S/C34H39Cl2FN6O2S/c1-5-22-8-10-25(30(44)41-15-14-39-34(18-41)12-13-34)42(22)31(45)28-27(19(2)3)43-29(20-6-9-23(35)24(37)16-20)33(4,40-32(43)46-28)21-7-11-26(36)38-17-21/h6-7,9,11,16-17,19,22,25,29,39H,5,8,10,12-15,18H2,1-4H3/t22-,25+,29-,33+/m1/s1. The molecule has 8 nitrogen and oxygen atoms in total. The van der Waals surface area contributed by atoms with E-state index in [1.165, 1.54) is 17.8 Å². The first-order valence-electron chi connectivity index (χ1n) is 16.2. The Labute approximate surface area is 283 Å². The molecule has 1 aromatic carbocycles. The van der Waals surface area contributed by atoms with Gasteiger partial charge in [-0.25, -0.2) is 14.4 Å². The third-order valence-corrected chi connectivity index (χ3v) is 11.9. The van der Waals surface area contributed by atoms with Crippen molar-refractivity contribution in [3.8, 4) is 0 Å². The molecule has 1 saturated carbocycles. The third kappa shape index (κ3) is 5.24. The number of allylic oxidation sites excluding steroid dienone is 1. The summed E-state index contributed by atoms with van der Waals surface area (Å²) in [7, 11) is 0. The summed E-state index contributed by atoms with van der Waals surface area (Å²) >= 11 is 13.6. The van der Waals surface area contributed by atoms with Gasteiger partial charge in [0, 0.05) is 48.7 Å². The van der Waals surface area contributed by atoms with Crippen LogP contribution in [0.15, 0.2) is 52.1 Å². The van der Waals surface area contributed by atoms with Gasteiger partial charge in [0.15, 0.2) is 5.17 Å². The maximum atomic E-state index is 15.0. The molecule has 4 atom stereocenters. The predicted molar refractivity (Wildman–Crippen MR) is 180 cm³/mol. The number of rotatable bonds is 6. The molecule has 2 amide bonds. The van der Waals surface area contributed by atoms with E-state index in [0.717, 1.165) is 43.5 Å². The van der Waals surface area contributed by atoms with Crippen LogP contribution < -0.4 is 5.32 Å². The molecule has 12 heteroatoms. The molecule has 2 saturated heterocycles. The number of nitrogens with one attached hydrogen (secondary N) is 1. The minimum Gasteiger partial charge on any atom is -0.338 e. The lowest BCUT2D eigenvalue weighted by molar-refractivity contribution is -0.144. The highest BCUT2D eigenvalue weighted by atomic mass is 35.5. The number of hydrogen-bond acceptors (Lipinski definition) is 7. The Morgan fingerprint density at radius 1 is 1.17 bits per heavy atom. The summed E-state index contributed by atoms with van der Waals surface area (Å²) in [5.41, 5.74) is 1.52. The number of benzene rings is 1. The fourth-order valence-corrected chi connectivity index (χ4v) is 9.36. The normalized spacial score (nSPS) is 28.4. The summed E-state index contributed by atoms with van der Waals surface area (Å²) in [5, 5.41) is 4.65. The highest BCUT2D eigenvalue weighted by Crippen LogP contribution is 2.56. The lowest BCUT2D eigenvalue weighted by atomic mass is 9.81. The number of thioether (sulfide) groups is 1. The molecule has 2 aromatic rings. The van der Waals surface area contributed by atoms with E-state index < -0.39 is 23.4 Å². The number of aromatic nitrogens is 1. The van der Waals surface area contributed by atoms with Crippen molar-refractivity contribution in [1.29, 1.82) is 0 Å². The van der Waals surface area contributed by atoms with Crippen LogP contribution in [0.25, 0.3) is 0 Å².